The number of carbonyl (C=O) groups is 3. The molecule has 0 radical (unpaired) electrons. The number of nitrogens with zero attached hydrogens (tertiary/aromatic N) is 1. The Hall–Kier alpha value is -3.86. The normalized spacial score (nSPS) is 15.1. The number of hydrogen-bond donors (Lipinski definition) is 1. The van der Waals surface area contributed by atoms with E-state index < -0.39 is 28.0 Å². The number of benzene rings is 3. The summed E-state index contributed by atoms with van der Waals surface area (Å²) in [6, 6.07) is 13.7. The minimum Gasteiger partial charge on any atom is -0.493 e. The van der Waals surface area contributed by atoms with E-state index in [1.54, 1.807) is 24.3 Å². The Morgan fingerprint density at radius 2 is 1.68 bits per heavy atom. The van der Waals surface area contributed by atoms with Crippen LogP contribution < -0.4 is 19.1 Å². The van der Waals surface area contributed by atoms with E-state index in [0.29, 0.717) is 0 Å². The van der Waals surface area contributed by atoms with Gasteiger partial charge in [-0.05, 0) is 61.0 Å². The number of rotatable bonds is 6. The molecule has 37 heavy (non-hydrogen) atoms. The third-order valence-electron chi connectivity index (χ3n) is 5.23. The van der Waals surface area contributed by atoms with Crippen molar-refractivity contribution in [1.82, 2.24) is 5.32 Å². The quantitative estimate of drug-likeness (QED) is 0.262. The van der Waals surface area contributed by atoms with Gasteiger partial charge in [0.15, 0.2) is 5.75 Å². The van der Waals surface area contributed by atoms with Gasteiger partial charge in [0.1, 0.15) is 10.5 Å². The van der Waals surface area contributed by atoms with Crippen molar-refractivity contribution in [3.05, 3.63) is 87.4 Å². The number of carbonyl (C=O) groups excluding carboxylic acids is 3. The van der Waals surface area contributed by atoms with Crippen LogP contribution in [0.1, 0.15) is 11.1 Å². The molecule has 3 aromatic carbocycles. The highest BCUT2D eigenvalue weighted by atomic mass is 35.5. The first kappa shape index (κ1) is 26.2. The molecule has 4 rings (SSSR count). The maximum absolute atomic E-state index is 13.1. The lowest BCUT2D eigenvalue weighted by molar-refractivity contribution is -0.122. The molecule has 0 bridgehead atoms. The van der Waals surface area contributed by atoms with Gasteiger partial charge in [-0.2, -0.15) is 8.42 Å². The average molecular weight is 561 g/mol. The molecule has 1 saturated heterocycles. The maximum Gasteiger partial charge on any atom is 0.339 e. The van der Waals surface area contributed by atoms with E-state index in [-0.39, 0.29) is 43.3 Å². The van der Waals surface area contributed by atoms with Crippen molar-refractivity contribution in [3.8, 4) is 11.5 Å². The molecule has 0 aliphatic carbocycles. The first-order chi connectivity index (χ1) is 17.5. The van der Waals surface area contributed by atoms with Crippen LogP contribution in [0.25, 0.3) is 6.08 Å². The lowest BCUT2D eigenvalue weighted by Crippen LogP contribution is -2.54. The molecule has 1 aliphatic rings. The number of anilines is 1. The Morgan fingerprint density at radius 3 is 2.32 bits per heavy atom. The first-order valence-electron chi connectivity index (χ1n) is 10.6. The van der Waals surface area contributed by atoms with Crippen LogP contribution in [0.4, 0.5) is 10.5 Å². The molecule has 0 atom stereocenters. The third kappa shape index (κ3) is 5.46. The molecule has 12 heteroatoms. The van der Waals surface area contributed by atoms with Crippen molar-refractivity contribution in [2.75, 3.05) is 12.0 Å². The summed E-state index contributed by atoms with van der Waals surface area (Å²) in [5.74, 6) is -2.16. The van der Waals surface area contributed by atoms with Gasteiger partial charge in [0.05, 0.1) is 17.8 Å². The number of halogens is 2. The zero-order chi connectivity index (χ0) is 26.9. The molecule has 1 N–H and O–H groups in total. The van der Waals surface area contributed by atoms with Gasteiger partial charge in [0, 0.05) is 5.02 Å². The van der Waals surface area contributed by atoms with Crippen molar-refractivity contribution in [1.29, 1.82) is 0 Å². The number of ether oxygens (including phenoxy) is 1. The van der Waals surface area contributed by atoms with Gasteiger partial charge >= 0.3 is 16.1 Å². The second-order valence-corrected chi connectivity index (χ2v) is 10.2. The first-order valence-corrected chi connectivity index (χ1v) is 12.7. The number of imide groups is 2. The molecule has 1 heterocycles. The molecule has 9 nitrogen and oxygen atoms in total. The Labute approximate surface area is 222 Å². The van der Waals surface area contributed by atoms with Gasteiger partial charge in [-0.3, -0.25) is 14.9 Å². The Bertz CT molecular complexity index is 1570. The molecular formula is C25H18Cl2N2O7S. The third-order valence-corrected chi connectivity index (χ3v) is 6.99. The van der Waals surface area contributed by atoms with Crippen molar-refractivity contribution in [2.24, 2.45) is 0 Å². The Kier molecular flexibility index (Phi) is 7.26. The maximum atomic E-state index is 13.1. The highest BCUT2D eigenvalue weighted by molar-refractivity contribution is 7.87. The van der Waals surface area contributed by atoms with Gasteiger partial charge in [0.25, 0.3) is 11.8 Å². The van der Waals surface area contributed by atoms with E-state index >= 15 is 0 Å². The topological polar surface area (TPSA) is 119 Å². The fourth-order valence-electron chi connectivity index (χ4n) is 3.44. The fraction of sp³-hybridized carbons (Fsp3) is 0.0800. The van der Waals surface area contributed by atoms with E-state index in [1.165, 1.54) is 49.6 Å². The van der Waals surface area contributed by atoms with Crippen LogP contribution in [-0.4, -0.2) is 33.4 Å². The summed E-state index contributed by atoms with van der Waals surface area (Å²) in [4.78, 5) is 38.7. The van der Waals surface area contributed by atoms with Crippen LogP contribution in [0.2, 0.25) is 10.0 Å². The smallest absolute Gasteiger partial charge is 0.339 e. The number of hydrogen-bond acceptors (Lipinski definition) is 7. The van der Waals surface area contributed by atoms with Crippen LogP contribution in [-0.2, 0) is 19.7 Å². The predicted molar refractivity (Wildman–Crippen MR) is 137 cm³/mol. The van der Waals surface area contributed by atoms with Crippen molar-refractivity contribution in [2.45, 2.75) is 11.8 Å². The summed E-state index contributed by atoms with van der Waals surface area (Å²) in [5, 5.41) is 2.23. The second-order valence-electron chi connectivity index (χ2n) is 7.82. The van der Waals surface area contributed by atoms with Crippen LogP contribution in [0.15, 0.2) is 71.1 Å². The van der Waals surface area contributed by atoms with Gasteiger partial charge in [-0.25, -0.2) is 9.69 Å². The lowest BCUT2D eigenvalue weighted by atomic mass is 10.1. The number of urea groups is 1. The Balaban J connectivity index is 1.70. The average Bonchev–Trinajstić information content (AvgIpc) is 2.83. The molecule has 3 aromatic rings. The molecule has 1 aliphatic heterocycles. The molecule has 0 unspecified atom stereocenters. The fourth-order valence-corrected chi connectivity index (χ4v) is 4.89. The highest BCUT2D eigenvalue weighted by Gasteiger charge is 2.37. The van der Waals surface area contributed by atoms with Gasteiger partial charge in [-0.1, -0.05) is 47.0 Å². The summed E-state index contributed by atoms with van der Waals surface area (Å²) < 4.78 is 36.0. The largest absolute Gasteiger partial charge is 0.493 e. The molecule has 0 spiro atoms. The van der Waals surface area contributed by atoms with Gasteiger partial charge in [-0.15, -0.1) is 0 Å². The van der Waals surface area contributed by atoms with Crippen molar-refractivity contribution >= 4 is 62.9 Å². The minimum atomic E-state index is -4.24. The minimum absolute atomic E-state index is 0.0681. The standard InChI is InChI=1S/C25H18Cl2N2O7S/c1-14-6-8-18(9-7-14)37(33,34)36-22-20(27)11-15(12-21(22)35-2)10-19-23(30)28-25(32)29(24(19)31)17-5-3-4-16(26)13-17/h3-13H,1-2H3,(H,28,30,32)/b19-10+. The zero-order valence-electron chi connectivity index (χ0n) is 19.3. The highest BCUT2D eigenvalue weighted by Crippen LogP contribution is 2.39. The van der Waals surface area contributed by atoms with E-state index in [9.17, 15) is 22.8 Å². The number of nitrogens with one attached hydrogen (secondary N) is 1. The monoisotopic (exact) mass is 560 g/mol. The number of aryl methyl sites for hydroxylation is 1. The van der Waals surface area contributed by atoms with E-state index in [4.69, 9.17) is 32.1 Å². The molecule has 0 aromatic heterocycles. The molecular weight excluding hydrogens is 543 g/mol. The van der Waals surface area contributed by atoms with Crippen LogP contribution in [0.5, 0.6) is 11.5 Å². The molecule has 4 amide bonds. The van der Waals surface area contributed by atoms with Crippen molar-refractivity contribution < 1.29 is 31.7 Å². The van der Waals surface area contributed by atoms with Crippen molar-refractivity contribution in [3.63, 3.8) is 0 Å². The molecule has 190 valence electrons. The van der Waals surface area contributed by atoms with Crippen LogP contribution in [0.3, 0.4) is 0 Å². The lowest BCUT2D eigenvalue weighted by Gasteiger charge is -2.26. The SMILES string of the molecule is COc1cc(/C=C2\C(=O)NC(=O)N(c3cccc(Cl)c3)C2=O)cc(Cl)c1OS(=O)(=O)c1ccc(C)cc1. The van der Waals surface area contributed by atoms with Crippen LogP contribution in [0, 0.1) is 6.92 Å². The zero-order valence-corrected chi connectivity index (χ0v) is 21.6. The molecule has 1 fully saturated rings. The number of barbiturate groups is 1. The van der Waals surface area contributed by atoms with E-state index in [2.05, 4.69) is 5.32 Å². The second kappa shape index (κ2) is 10.3. The Morgan fingerprint density at radius 1 is 0.973 bits per heavy atom. The summed E-state index contributed by atoms with van der Waals surface area (Å²) in [6.45, 7) is 1.81. The van der Waals surface area contributed by atoms with E-state index in [0.717, 1.165) is 10.5 Å². The van der Waals surface area contributed by atoms with Gasteiger partial charge < -0.3 is 8.92 Å². The van der Waals surface area contributed by atoms with Crippen LogP contribution >= 0.6 is 23.2 Å². The van der Waals surface area contributed by atoms with E-state index in [1.807, 2.05) is 6.92 Å². The summed E-state index contributed by atoms with van der Waals surface area (Å²) in [5.41, 5.74) is 0.859. The summed E-state index contributed by atoms with van der Waals surface area (Å²) >= 11 is 12.3. The summed E-state index contributed by atoms with van der Waals surface area (Å²) in [6.07, 6.45) is 1.19. The number of amides is 4. The summed E-state index contributed by atoms with van der Waals surface area (Å²) in [7, 11) is -2.97. The predicted octanol–water partition coefficient (Wildman–Crippen LogP) is 4.74. The number of methoxy groups -OCH3 is 1. The molecule has 0 saturated carbocycles. The van der Waals surface area contributed by atoms with Gasteiger partial charge in [0.2, 0.25) is 5.75 Å².